The molecule has 0 saturated carbocycles. The number of amides is 3. The van der Waals surface area contributed by atoms with Crippen LogP contribution in [0.15, 0.2) is 71.6 Å². The number of anilines is 2. The van der Waals surface area contributed by atoms with Crippen LogP contribution in [0.25, 0.3) is 0 Å². The Hall–Kier alpha value is -3.89. The number of nitrogens with one attached hydrogen (secondary N) is 2. The normalized spacial score (nSPS) is 20.0. The smallest absolute Gasteiger partial charge is 0.416 e. The summed E-state index contributed by atoms with van der Waals surface area (Å²) in [6.07, 6.45) is -3.46. The maximum Gasteiger partial charge on any atom is 0.416 e. The number of hydrogen-bond acceptors (Lipinski definition) is 7. The molecule has 0 saturated heterocycles. The van der Waals surface area contributed by atoms with Gasteiger partial charge in [0.05, 0.1) is 40.9 Å². The highest BCUT2D eigenvalue weighted by Gasteiger charge is 2.33. The van der Waals surface area contributed by atoms with Gasteiger partial charge in [-0.2, -0.15) is 17.5 Å². The van der Waals surface area contributed by atoms with Crippen molar-refractivity contribution in [2.45, 2.75) is 69.4 Å². The number of carbonyl (C=O) groups is 2. The maximum atomic E-state index is 14.4. The number of carbonyl (C=O) groups excluding carboxylic acids is 2. The molecule has 0 aliphatic carbocycles. The number of halogens is 4. The molecule has 1 heterocycles. The quantitative estimate of drug-likeness (QED) is 0.222. The first kappa shape index (κ1) is 40.9. The number of aliphatic hydroxyl groups excluding tert-OH is 1. The summed E-state index contributed by atoms with van der Waals surface area (Å²) in [4.78, 5) is 28.7. The fourth-order valence-electron chi connectivity index (χ4n) is 5.64. The van der Waals surface area contributed by atoms with E-state index < -0.39 is 51.8 Å². The maximum absolute atomic E-state index is 14.4. The average Bonchev–Trinajstić information content (AvgIpc) is 3.09. The standard InChI is InChI=1S/C36H44ClF3N4O7S/c1-23-20-44(24(2)22-45)34(46)31-19-29(42-35(47)41-28-12-8-26(9-13-28)36(38,39)40)14-17-32(31)51-25(3)7-5-6-18-50-33(23)21-43(4)52(48,49)30-15-10-27(37)11-16-30/h8-17,19,23-25,33,45H,5-7,18,20-22H2,1-4H3,(H2,41,42,47)/t23-,24-,25+,33-/m1/s1. The third-order valence-electron chi connectivity index (χ3n) is 8.74. The lowest BCUT2D eigenvalue weighted by Gasteiger charge is -2.35. The Kier molecular flexibility index (Phi) is 14.0. The van der Waals surface area contributed by atoms with Gasteiger partial charge in [0.25, 0.3) is 5.91 Å². The Labute approximate surface area is 307 Å². The zero-order valence-electron chi connectivity index (χ0n) is 29.3. The van der Waals surface area contributed by atoms with Gasteiger partial charge in [-0.1, -0.05) is 18.5 Å². The lowest BCUT2D eigenvalue weighted by molar-refractivity contribution is -0.137. The zero-order chi connectivity index (χ0) is 38.2. The predicted molar refractivity (Wildman–Crippen MR) is 192 cm³/mol. The second-order valence-corrected chi connectivity index (χ2v) is 15.4. The molecule has 0 unspecified atom stereocenters. The van der Waals surface area contributed by atoms with Crippen LogP contribution in [0.1, 0.15) is 56.0 Å². The molecule has 0 fully saturated rings. The van der Waals surface area contributed by atoms with Crippen molar-refractivity contribution >= 4 is 44.9 Å². The van der Waals surface area contributed by atoms with Crippen LogP contribution in [0.4, 0.5) is 29.3 Å². The van der Waals surface area contributed by atoms with Crippen LogP contribution in [0.5, 0.6) is 5.75 Å². The van der Waals surface area contributed by atoms with Crippen molar-refractivity contribution in [2.24, 2.45) is 5.92 Å². The van der Waals surface area contributed by atoms with Crippen LogP contribution in [-0.2, 0) is 20.9 Å². The van der Waals surface area contributed by atoms with Crippen molar-refractivity contribution in [1.82, 2.24) is 9.21 Å². The van der Waals surface area contributed by atoms with Crippen molar-refractivity contribution in [2.75, 3.05) is 44.0 Å². The topological polar surface area (TPSA) is 138 Å². The first-order valence-corrected chi connectivity index (χ1v) is 18.6. The number of alkyl halides is 3. The number of urea groups is 1. The molecule has 284 valence electrons. The van der Waals surface area contributed by atoms with E-state index in [0.29, 0.717) is 24.5 Å². The van der Waals surface area contributed by atoms with Crippen LogP contribution >= 0.6 is 11.6 Å². The van der Waals surface area contributed by atoms with Gasteiger partial charge in [-0.3, -0.25) is 4.79 Å². The van der Waals surface area contributed by atoms with E-state index >= 15 is 0 Å². The van der Waals surface area contributed by atoms with E-state index in [0.717, 1.165) is 30.7 Å². The third kappa shape index (κ3) is 10.8. The molecule has 3 aromatic rings. The summed E-state index contributed by atoms with van der Waals surface area (Å²) in [7, 11) is -2.44. The summed E-state index contributed by atoms with van der Waals surface area (Å²) >= 11 is 5.97. The number of fused-ring (bicyclic) bond motifs is 1. The van der Waals surface area contributed by atoms with Gasteiger partial charge in [-0.05, 0) is 99.8 Å². The molecule has 4 atom stereocenters. The Balaban J connectivity index is 1.60. The number of nitrogens with zero attached hydrogens (tertiary/aromatic N) is 2. The minimum absolute atomic E-state index is 0.0140. The number of aliphatic hydroxyl groups is 1. The molecule has 0 spiro atoms. The molecule has 4 rings (SSSR count). The van der Waals surface area contributed by atoms with E-state index in [2.05, 4.69) is 10.6 Å². The van der Waals surface area contributed by atoms with Gasteiger partial charge in [0, 0.05) is 49.1 Å². The van der Waals surface area contributed by atoms with Gasteiger partial charge >= 0.3 is 12.2 Å². The second-order valence-electron chi connectivity index (χ2n) is 12.9. The number of benzene rings is 3. The van der Waals surface area contributed by atoms with Crippen LogP contribution in [0, 0.1) is 5.92 Å². The molecule has 16 heteroatoms. The van der Waals surface area contributed by atoms with E-state index in [4.69, 9.17) is 21.1 Å². The SMILES string of the molecule is C[C@@H]1CN([C@H](C)CO)C(=O)c2cc(NC(=O)Nc3ccc(C(F)(F)F)cc3)ccc2O[C@@H](C)CCCCO[C@@H]1CN(C)S(=O)(=O)c1ccc(Cl)cc1. The summed E-state index contributed by atoms with van der Waals surface area (Å²) < 4.78 is 79.4. The molecular formula is C36H44ClF3N4O7S. The van der Waals surface area contributed by atoms with Gasteiger partial charge < -0.3 is 30.1 Å². The van der Waals surface area contributed by atoms with Crippen molar-refractivity contribution in [3.63, 3.8) is 0 Å². The van der Waals surface area contributed by atoms with E-state index in [1.165, 1.54) is 52.7 Å². The monoisotopic (exact) mass is 768 g/mol. The van der Waals surface area contributed by atoms with E-state index in [1.807, 2.05) is 13.8 Å². The lowest BCUT2D eigenvalue weighted by atomic mass is 10.0. The number of hydrogen-bond donors (Lipinski definition) is 3. The average molecular weight is 769 g/mol. The van der Waals surface area contributed by atoms with Gasteiger partial charge in [0.15, 0.2) is 0 Å². The minimum atomic E-state index is -4.52. The van der Waals surface area contributed by atoms with Crippen molar-refractivity contribution in [1.29, 1.82) is 0 Å². The lowest BCUT2D eigenvalue weighted by Crippen LogP contribution is -2.48. The largest absolute Gasteiger partial charge is 0.490 e. The van der Waals surface area contributed by atoms with Crippen molar-refractivity contribution in [3.05, 3.63) is 82.9 Å². The molecule has 1 aliphatic heterocycles. The molecule has 0 bridgehead atoms. The molecule has 11 nitrogen and oxygen atoms in total. The Morgan fingerprint density at radius 2 is 1.67 bits per heavy atom. The molecular weight excluding hydrogens is 725 g/mol. The Morgan fingerprint density at radius 3 is 2.31 bits per heavy atom. The fourth-order valence-corrected chi connectivity index (χ4v) is 6.95. The number of likely N-dealkylation sites (N-methyl/N-ethyl adjacent to an activating group) is 1. The van der Waals surface area contributed by atoms with Crippen LogP contribution in [0.3, 0.4) is 0 Å². The van der Waals surface area contributed by atoms with E-state index in [9.17, 15) is 36.3 Å². The predicted octanol–water partition coefficient (Wildman–Crippen LogP) is 7.12. The molecule has 0 aromatic heterocycles. The highest BCUT2D eigenvalue weighted by Crippen LogP contribution is 2.31. The fraction of sp³-hybridized carbons (Fsp3) is 0.444. The van der Waals surface area contributed by atoms with E-state index in [1.54, 1.807) is 13.0 Å². The van der Waals surface area contributed by atoms with Crippen molar-refractivity contribution in [3.8, 4) is 5.75 Å². The Morgan fingerprint density at radius 1 is 1.04 bits per heavy atom. The summed E-state index contributed by atoms with van der Waals surface area (Å²) in [5.41, 5.74) is -0.434. The van der Waals surface area contributed by atoms with Gasteiger partial charge in [0.2, 0.25) is 10.0 Å². The summed E-state index contributed by atoms with van der Waals surface area (Å²) in [5.74, 6) is -0.671. The number of rotatable bonds is 8. The molecule has 0 radical (unpaired) electrons. The summed E-state index contributed by atoms with van der Waals surface area (Å²) in [6, 6.07) is 12.9. The number of ether oxygens (including phenoxy) is 2. The zero-order valence-corrected chi connectivity index (χ0v) is 30.9. The third-order valence-corrected chi connectivity index (χ3v) is 10.8. The van der Waals surface area contributed by atoms with E-state index in [-0.39, 0.29) is 53.4 Å². The van der Waals surface area contributed by atoms with Crippen LogP contribution in [-0.4, -0.2) is 86.3 Å². The number of sulfonamides is 1. The van der Waals surface area contributed by atoms with Crippen molar-refractivity contribution < 1.29 is 45.8 Å². The van der Waals surface area contributed by atoms with Crippen LogP contribution < -0.4 is 15.4 Å². The van der Waals surface area contributed by atoms with Gasteiger partial charge in [0.1, 0.15) is 5.75 Å². The molecule has 1 aliphatic rings. The molecule has 3 amide bonds. The molecule has 3 aromatic carbocycles. The highest BCUT2D eigenvalue weighted by atomic mass is 35.5. The minimum Gasteiger partial charge on any atom is -0.490 e. The first-order chi connectivity index (χ1) is 24.5. The highest BCUT2D eigenvalue weighted by molar-refractivity contribution is 7.89. The first-order valence-electron chi connectivity index (χ1n) is 16.8. The molecule has 52 heavy (non-hydrogen) atoms. The molecule has 3 N–H and O–H groups in total. The summed E-state index contributed by atoms with van der Waals surface area (Å²) in [6.45, 7) is 5.40. The van der Waals surface area contributed by atoms with Gasteiger partial charge in [-0.25, -0.2) is 13.2 Å². The van der Waals surface area contributed by atoms with Crippen LogP contribution in [0.2, 0.25) is 5.02 Å². The summed E-state index contributed by atoms with van der Waals surface area (Å²) in [5, 5.41) is 15.7. The second kappa shape index (κ2) is 17.8. The Bertz CT molecular complexity index is 1780. The van der Waals surface area contributed by atoms with Gasteiger partial charge in [-0.15, -0.1) is 0 Å².